The molecule has 5 nitrogen and oxygen atoms in total. The van der Waals surface area contributed by atoms with Gasteiger partial charge in [0.1, 0.15) is 23.1 Å². The van der Waals surface area contributed by atoms with E-state index in [4.69, 9.17) is 4.74 Å². The van der Waals surface area contributed by atoms with Crippen LogP contribution in [0.4, 0.5) is 11.6 Å². The maximum Gasteiger partial charge on any atom is 0.145 e. The van der Waals surface area contributed by atoms with Gasteiger partial charge in [0.15, 0.2) is 0 Å². The fourth-order valence-electron chi connectivity index (χ4n) is 1.92. The van der Waals surface area contributed by atoms with E-state index in [1.165, 1.54) is 0 Å². The molecule has 6 heteroatoms. The third-order valence-corrected chi connectivity index (χ3v) is 3.98. The monoisotopic (exact) mass is 325 g/mol. The number of rotatable bonds is 5. The van der Waals surface area contributed by atoms with Gasteiger partial charge in [-0.15, -0.1) is 0 Å². The Labute approximate surface area is 136 Å². The molecule has 0 saturated heterocycles. The molecule has 116 valence electrons. The van der Waals surface area contributed by atoms with Crippen molar-refractivity contribution in [3.8, 4) is 11.5 Å². The van der Waals surface area contributed by atoms with Gasteiger partial charge in [0.2, 0.25) is 0 Å². The van der Waals surface area contributed by atoms with Crippen LogP contribution in [-0.4, -0.2) is 20.4 Å². The molecular formula is C17H15N3O2S. The average molecular weight is 325 g/mol. The predicted octanol–water partition coefficient (Wildman–Crippen LogP) is 3.75. The van der Waals surface area contributed by atoms with Gasteiger partial charge in [-0.05, 0) is 48.5 Å². The number of anilines is 2. The van der Waals surface area contributed by atoms with Crippen molar-refractivity contribution in [2.24, 2.45) is 0 Å². The molecular weight excluding hydrogens is 310 g/mol. The maximum absolute atomic E-state index is 11.4. The van der Waals surface area contributed by atoms with Crippen LogP contribution in [0.1, 0.15) is 0 Å². The van der Waals surface area contributed by atoms with E-state index in [0.717, 1.165) is 10.7 Å². The van der Waals surface area contributed by atoms with Crippen molar-refractivity contribution < 1.29 is 8.95 Å². The van der Waals surface area contributed by atoms with Crippen molar-refractivity contribution >= 4 is 22.4 Å². The summed E-state index contributed by atoms with van der Waals surface area (Å²) in [5, 5.41) is 3.10. The van der Waals surface area contributed by atoms with E-state index in [2.05, 4.69) is 15.3 Å². The molecule has 23 heavy (non-hydrogen) atoms. The van der Waals surface area contributed by atoms with Gasteiger partial charge in [0, 0.05) is 28.1 Å². The van der Waals surface area contributed by atoms with Crippen LogP contribution in [0.3, 0.4) is 0 Å². The predicted molar refractivity (Wildman–Crippen MR) is 90.6 cm³/mol. The summed E-state index contributed by atoms with van der Waals surface area (Å²) in [6.45, 7) is 0. The average Bonchev–Trinajstić information content (AvgIpc) is 2.58. The van der Waals surface area contributed by atoms with Crippen molar-refractivity contribution in [3.63, 3.8) is 0 Å². The Bertz CT molecular complexity index is 790. The molecule has 3 aromatic rings. The van der Waals surface area contributed by atoms with Gasteiger partial charge in [-0.25, -0.2) is 9.97 Å². The molecule has 0 amide bonds. The maximum atomic E-state index is 11.4. The van der Waals surface area contributed by atoms with E-state index in [1.54, 1.807) is 42.9 Å². The summed E-state index contributed by atoms with van der Waals surface area (Å²) in [6.07, 6.45) is 5.00. The van der Waals surface area contributed by atoms with Gasteiger partial charge >= 0.3 is 0 Å². The van der Waals surface area contributed by atoms with E-state index in [0.29, 0.717) is 17.3 Å². The highest BCUT2D eigenvalue weighted by atomic mass is 32.2. The molecule has 1 unspecified atom stereocenters. The minimum Gasteiger partial charge on any atom is -0.456 e. The highest BCUT2D eigenvalue weighted by molar-refractivity contribution is 7.84. The quantitative estimate of drug-likeness (QED) is 0.774. The number of nitrogens with zero attached hydrogens (tertiary/aromatic N) is 2. The molecule has 0 aliphatic carbocycles. The molecule has 0 fully saturated rings. The summed E-state index contributed by atoms with van der Waals surface area (Å²) in [5.74, 6) is 2.72. The Morgan fingerprint density at radius 2 is 1.65 bits per heavy atom. The molecule has 0 spiro atoms. The lowest BCUT2D eigenvalue weighted by Crippen LogP contribution is -1.95. The Hall–Kier alpha value is -2.73. The second-order valence-corrected chi connectivity index (χ2v) is 6.13. The van der Waals surface area contributed by atoms with E-state index >= 15 is 0 Å². The summed E-state index contributed by atoms with van der Waals surface area (Å²) < 4.78 is 17.1. The molecule has 0 saturated carbocycles. The summed E-state index contributed by atoms with van der Waals surface area (Å²) in [5.41, 5.74) is 0. The minimum atomic E-state index is -0.988. The van der Waals surface area contributed by atoms with Gasteiger partial charge in [0.25, 0.3) is 0 Å². The zero-order valence-electron chi connectivity index (χ0n) is 12.5. The Kier molecular flexibility index (Phi) is 4.63. The summed E-state index contributed by atoms with van der Waals surface area (Å²) in [6, 6.07) is 16.4. The molecule has 1 atom stereocenters. The highest BCUT2D eigenvalue weighted by Gasteiger charge is 2.02. The minimum absolute atomic E-state index is 0.627. The second-order valence-electron chi connectivity index (χ2n) is 4.75. The van der Waals surface area contributed by atoms with Crippen LogP contribution >= 0.6 is 0 Å². The molecule has 0 aliphatic heterocycles. The molecule has 2 heterocycles. The molecule has 0 aliphatic rings. The Morgan fingerprint density at radius 3 is 2.26 bits per heavy atom. The normalized spacial score (nSPS) is 11.7. The van der Waals surface area contributed by atoms with Crippen molar-refractivity contribution in [1.82, 2.24) is 9.97 Å². The second kappa shape index (κ2) is 7.02. The van der Waals surface area contributed by atoms with Gasteiger partial charge in [-0.3, -0.25) is 4.21 Å². The third-order valence-electron chi connectivity index (χ3n) is 3.05. The molecule has 0 bridgehead atoms. The van der Waals surface area contributed by atoms with Crippen LogP contribution in [0.5, 0.6) is 11.5 Å². The van der Waals surface area contributed by atoms with Gasteiger partial charge in [-0.2, -0.15) is 0 Å². The van der Waals surface area contributed by atoms with Crippen LogP contribution in [-0.2, 0) is 10.8 Å². The fraction of sp³-hybridized carbons (Fsp3) is 0.0588. The number of ether oxygens (including phenoxy) is 1. The fourth-order valence-corrected chi connectivity index (χ4v) is 2.44. The lowest BCUT2D eigenvalue weighted by molar-refractivity contribution is 0.480. The van der Waals surface area contributed by atoms with Crippen molar-refractivity contribution in [3.05, 3.63) is 67.0 Å². The van der Waals surface area contributed by atoms with Crippen LogP contribution < -0.4 is 10.1 Å². The SMILES string of the molecule is CS(=O)c1ccc(Oc2ccc(Nc3ccccn3)nc2)cc1. The molecule has 1 aromatic carbocycles. The van der Waals surface area contributed by atoms with Crippen molar-refractivity contribution in [2.75, 3.05) is 11.6 Å². The number of benzene rings is 1. The standard InChI is InChI=1S/C17H15N3O2S/c1-23(21)15-8-5-13(6-9-15)22-14-7-10-17(19-12-14)20-16-4-2-3-11-18-16/h2-12H,1H3,(H,18,19,20). The van der Waals surface area contributed by atoms with Crippen molar-refractivity contribution in [2.45, 2.75) is 4.90 Å². The lowest BCUT2D eigenvalue weighted by atomic mass is 10.3. The first-order valence-corrected chi connectivity index (χ1v) is 8.52. The Morgan fingerprint density at radius 1 is 0.913 bits per heavy atom. The number of aromatic nitrogens is 2. The van der Waals surface area contributed by atoms with E-state index in [1.807, 2.05) is 30.3 Å². The van der Waals surface area contributed by atoms with Gasteiger partial charge in [-0.1, -0.05) is 6.07 Å². The molecule has 0 radical (unpaired) electrons. The zero-order valence-corrected chi connectivity index (χ0v) is 13.3. The Balaban J connectivity index is 1.66. The summed E-state index contributed by atoms with van der Waals surface area (Å²) in [4.78, 5) is 9.24. The van der Waals surface area contributed by atoms with Gasteiger partial charge < -0.3 is 10.1 Å². The molecule has 1 N–H and O–H groups in total. The van der Waals surface area contributed by atoms with Gasteiger partial charge in [0.05, 0.1) is 6.20 Å². The zero-order chi connectivity index (χ0) is 16.1. The van der Waals surface area contributed by atoms with E-state index in [-0.39, 0.29) is 0 Å². The first-order chi connectivity index (χ1) is 11.2. The smallest absolute Gasteiger partial charge is 0.145 e. The third kappa shape index (κ3) is 4.14. The molecule has 3 rings (SSSR count). The summed E-state index contributed by atoms with van der Waals surface area (Å²) >= 11 is 0. The number of pyridine rings is 2. The largest absolute Gasteiger partial charge is 0.456 e. The number of hydrogen-bond acceptors (Lipinski definition) is 5. The highest BCUT2D eigenvalue weighted by Crippen LogP contribution is 2.23. The van der Waals surface area contributed by atoms with Crippen molar-refractivity contribution in [1.29, 1.82) is 0 Å². The van der Waals surface area contributed by atoms with Crippen LogP contribution in [0.25, 0.3) is 0 Å². The van der Waals surface area contributed by atoms with Crippen LogP contribution in [0.15, 0.2) is 71.9 Å². The van der Waals surface area contributed by atoms with Crippen LogP contribution in [0, 0.1) is 0 Å². The topological polar surface area (TPSA) is 64.1 Å². The first-order valence-electron chi connectivity index (χ1n) is 6.96. The summed E-state index contributed by atoms with van der Waals surface area (Å²) in [7, 11) is -0.988. The number of nitrogens with one attached hydrogen (secondary N) is 1. The van der Waals surface area contributed by atoms with Crippen LogP contribution in [0.2, 0.25) is 0 Å². The molecule has 2 aromatic heterocycles. The lowest BCUT2D eigenvalue weighted by Gasteiger charge is -2.08. The van der Waals surface area contributed by atoms with E-state index in [9.17, 15) is 4.21 Å². The number of hydrogen-bond donors (Lipinski definition) is 1. The van der Waals surface area contributed by atoms with E-state index < -0.39 is 10.8 Å². The first kappa shape index (κ1) is 15.2.